The molecule has 33 heavy (non-hydrogen) atoms. The van der Waals surface area contributed by atoms with Crippen LogP contribution in [0.2, 0.25) is 0 Å². The van der Waals surface area contributed by atoms with Crippen LogP contribution in [0.25, 0.3) is 0 Å². The third kappa shape index (κ3) is 12.9. The molecule has 3 rings (SSSR count). The molecule has 9 heteroatoms. The predicted octanol–water partition coefficient (Wildman–Crippen LogP) is 3.28. The Bertz CT molecular complexity index is 862. The minimum atomic E-state index is -4.42. The van der Waals surface area contributed by atoms with E-state index in [1.54, 1.807) is 13.0 Å². The van der Waals surface area contributed by atoms with Crippen LogP contribution in [-0.2, 0) is 16.6 Å². The largest absolute Gasteiger partial charge is 1.00 e. The van der Waals surface area contributed by atoms with Gasteiger partial charge in [-0.05, 0) is 24.6 Å². The molecule has 1 N–H and O–H groups in total. The number of hydrogen-bond acceptors (Lipinski definition) is 4. The maximum Gasteiger partial charge on any atom is 1.00 e. The molecule has 1 fully saturated rings. The summed E-state index contributed by atoms with van der Waals surface area (Å²) in [7, 11) is 0. The van der Waals surface area contributed by atoms with Crippen molar-refractivity contribution in [3.63, 3.8) is 0 Å². The molecule has 1 aromatic heterocycles. The molecule has 0 aliphatic heterocycles. The van der Waals surface area contributed by atoms with Crippen LogP contribution >= 0.6 is 0 Å². The molecule has 1 unspecified atom stereocenters. The number of carbonyl (C=O) groups is 1. The van der Waals surface area contributed by atoms with E-state index < -0.39 is 23.3 Å². The van der Waals surface area contributed by atoms with Gasteiger partial charge in [0.1, 0.15) is 11.6 Å². The number of aromatic nitrogens is 1. The van der Waals surface area contributed by atoms with Gasteiger partial charge in [0.25, 0.3) is 0 Å². The number of benzene rings is 1. The van der Waals surface area contributed by atoms with Gasteiger partial charge in [-0.1, -0.05) is 19.1 Å². The molecule has 1 heterocycles. The number of pyridine rings is 1. The van der Waals surface area contributed by atoms with Crippen molar-refractivity contribution in [2.75, 3.05) is 0 Å². The van der Waals surface area contributed by atoms with E-state index in [0.29, 0.717) is 12.0 Å². The fourth-order valence-electron chi connectivity index (χ4n) is 2.33. The fourth-order valence-corrected chi connectivity index (χ4v) is 2.33. The van der Waals surface area contributed by atoms with Crippen LogP contribution in [0.4, 0.5) is 23.2 Å². The second-order valence-electron chi connectivity index (χ2n) is 7.23. The first kappa shape index (κ1) is 32.0. The Morgan fingerprint density at radius 3 is 2.27 bits per heavy atom. The van der Waals surface area contributed by atoms with E-state index in [1.165, 1.54) is 57.4 Å². The van der Waals surface area contributed by atoms with Gasteiger partial charge in [0.05, 0.1) is 5.60 Å². The van der Waals surface area contributed by atoms with Crippen LogP contribution < -0.4 is 51.4 Å². The standard InChI is InChI=1S/C12H15FO2.C8H5F3N2.C4H7.K/c1-3-11(14)8-12(2,15)9-5-4-6-10(13)7-9;1-2-12-6-3-4-7(13-5-6)8(9,10)11;1-2-4-3-1;/h4-7,15H,3,8H2,1-2H3;3-4H,1H3;1H,2-4H2;/q;-2;-1;+1. The van der Waals surface area contributed by atoms with E-state index in [1.807, 2.05) is 0 Å². The van der Waals surface area contributed by atoms with Gasteiger partial charge in [-0.15, -0.1) is 13.3 Å². The number of ketones is 1. The number of aliphatic imine (C=N–C) groups is 1. The molecule has 2 aromatic rings. The summed E-state index contributed by atoms with van der Waals surface area (Å²) in [4.78, 5) is 17.9. The van der Waals surface area contributed by atoms with Crippen LogP contribution in [0.3, 0.4) is 0 Å². The third-order valence-corrected chi connectivity index (χ3v) is 4.41. The Balaban J connectivity index is 0.000000519. The zero-order valence-electron chi connectivity index (χ0n) is 19.3. The molecule has 0 amide bonds. The number of hydrogen-bond donors (Lipinski definition) is 1. The number of aliphatic hydroxyl groups is 1. The zero-order chi connectivity index (χ0) is 24.2. The van der Waals surface area contributed by atoms with Crippen molar-refractivity contribution in [3.8, 4) is 0 Å². The Hall–Kier alpha value is -0.974. The average molecular weight is 491 g/mol. The van der Waals surface area contributed by atoms with E-state index in [9.17, 15) is 27.5 Å². The first-order chi connectivity index (χ1) is 15.0. The van der Waals surface area contributed by atoms with Crippen molar-refractivity contribution in [2.45, 2.75) is 64.7 Å². The maximum absolute atomic E-state index is 12.9. The Morgan fingerprint density at radius 1 is 1.27 bits per heavy atom. The number of rotatable bonds is 5. The second-order valence-corrected chi connectivity index (χ2v) is 7.23. The summed E-state index contributed by atoms with van der Waals surface area (Å²) in [6.45, 7) is 4.80. The topological polar surface area (TPSA) is 62.5 Å². The minimum Gasteiger partial charge on any atom is -0.481 e. The van der Waals surface area contributed by atoms with E-state index in [2.05, 4.69) is 28.8 Å². The Kier molecular flexibility index (Phi) is 15.4. The van der Waals surface area contributed by atoms with Gasteiger partial charge in [0.2, 0.25) is 0 Å². The summed E-state index contributed by atoms with van der Waals surface area (Å²) in [6.07, 6.45) is 7.04. The molecule has 1 aliphatic rings. The van der Waals surface area contributed by atoms with Crippen molar-refractivity contribution in [2.24, 2.45) is 4.99 Å². The van der Waals surface area contributed by atoms with Gasteiger partial charge >= 0.3 is 57.6 Å². The second kappa shape index (κ2) is 15.8. The summed E-state index contributed by atoms with van der Waals surface area (Å²) in [5.74, 6) is -0.444. The van der Waals surface area contributed by atoms with Crippen molar-refractivity contribution in [1.29, 1.82) is 0 Å². The molecular weight excluding hydrogens is 463 g/mol. The average Bonchev–Trinajstić information content (AvgIpc) is 2.67. The molecule has 4 nitrogen and oxygen atoms in total. The molecule has 1 aromatic carbocycles. The third-order valence-electron chi connectivity index (χ3n) is 4.41. The van der Waals surface area contributed by atoms with Crippen LogP contribution in [-0.4, -0.2) is 22.1 Å². The Labute approximate surface area is 235 Å². The van der Waals surface area contributed by atoms with Crippen molar-refractivity contribution in [3.05, 3.63) is 66.1 Å². The smallest absolute Gasteiger partial charge is 0.481 e. The van der Waals surface area contributed by atoms with E-state index >= 15 is 0 Å². The minimum absolute atomic E-state index is 0. The monoisotopic (exact) mass is 490 g/mol. The molecule has 0 radical (unpaired) electrons. The Morgan fingerprint density at radius 2 is 1.88 bits per heavy atom. The number of halogens is 4. The molecule has 1 saturated carbocycles. The number of carbonyl (C=O) groups excluding carboxylic acids is 1. The fraction of sp³-hybridized carbons (Fsp3) is 0.417. The number of alkyl halides is 3. The predicted molar refractivity (Wildman–Crippen MR) is 115 cm³/mol. The molecular formula is C24H27F4KN2O2-2. The summed E-state index contributed by atoms with van der Waals surface area (Å²) >= 11 is 0. The van der Waals surface area contributed by atoms with Crippen LogP contribution in [0.15, 0.2) is 41.4 Å². The van der Waals surface area contributed by atoms with Gasteiger partial charge < -0.3 is 21.5 Å². The van der Waals surface area contributed by atoms with E-state index in [4.69, 9.17) is 0 Å². The van der Waals surface area contributed by atoms with Crippen molar-refractivity contribution >= 4 is 17.7 Å². The summed E-state index contributed by atoms with van der Waals surface area (Å²) in [5, 5.41) is 10.0. The van der Waals surface area contributed by atoms with Crippen LogP contribution in [0.5, 0.6) is 0 Å². The van der Waals surface area contributed by atoms with Gasteiger partial charge in [0, 0.05) is 18.5 Å². The quantitative estimate of drug-likeness (QED) is 0.303. The molecule has 0 bridgehead atoms. The van der Waals surface area contributed by atoms with Crippen molar-refractivity contribution in [1.82, 2.24) is 4.98 Å². The summed E-state index contributed by atoms with van der Waals surface area (Å²) < 4.78 is 48.9. The SMILES string of the molecule is CCC(=O)CC(C)(O)c1cccc(F)c1.C[C-]=Nc1[c-]nc(C(F)(F)F)cc1.[CH-]1CCC1.[K+]. The summed E-state index contributed by atoms with van der Waals surface area (Å²) in [5.41, 5.74) is -1.59. The first-order valence-corrected chi connectivity index (χ1v) is 10.1. The normalized spacial score (nSPS) is 14.4. The van der Waals surface area contributed by atoms with Gasteiger partial charge in [-0.3, -0.25) is 4.79 Å². The summed E-state index contributed by atoms with van der Waals surface area (Å²) in [6, 6.07) is 7.74. The molecule has 0 saturated heterocycles. The molecule has 1 atom stereocenters. The van der Waals surface area contributed by atoms with Crippen molar-refractivity contribution < 1.29 is 78.8 Å². The zero-order valence-corrected chi connectivity index (χ0v) is 22.5. The molecule has 176 valence electrons. The van der Waals surface area contributed by atoms with E-state index in [0.717, 1.165) is 6.07 Å². The molecule has 0 spiro atoms. The van der Waals surface area contributed by atoms with Gasteiger partial charge in [-0.2, -0.15) is 50.2 Å². The van der Waals surface area contributed by atoms with Crippen LogP contribution in [0.1, 0.15) is 64.1 Å². The van der Waals surface area contributed by atoms with Gasteiger partial charge in [-0.25, -0.2) is 10.5 Å². The number of Topliss-reactive ketones (excluding diaryl/α,β-unsaturated/α-hetero) is 1. The van der Waals surface area contributed by atoms with E-state index in [-0.39, 0.29) is 69.3 Å². The first-order valence-electron chi connectivity index (χ1n) is 10.1. The number of nitrogens with zero attached hydrogens (tertiary/aromatic N) is 2. The van der Waals surface area contributed by atoms with Gasteiger partial charge in [0.15, 0.2) is 0 Å². The maximum atomic E-state index is 12.9. The molecule has 1 aliphatic carbocycles. The van der Waals surface area contributed by atoms with Crippen LogP contribution in [0, 0.1) is 18.4 Å².